The van der Waals surface area contributed by atoms with Crippen molar-refractivity contribution in [1.82, 2.24) is 4.57 Å². The molecule has 0 saturated heterocycles. The fourth-order valence-electron chi connectivity index (χ4n) is 5.30. The highest BCUT2D eigenvalue weighted by atomic mass is 16.3. The quantitative estimate of drug-likeness (QED) is 0.328. The maximum absolute atomic E-state index is 6.35. The molecular weight excluding hydrogens is 390 g/mol. The van der Waals surface area contributed by atoms with Gasteiger partial charge in [0.15, 0.2) is 0 Å². The maximum atomic E-state index is 6.35. The van der Waals surface area contributed by atoms with Crippen molar-refractivity contribution in [3.8, 4) is 5.69 Å². The maximum Gasteiger partial charge on any atom is 0.139 e. The van der Waals surface area contributed by atoms with E-state index in [0.29, 0.717) is 0 Å². The number of rotatable bonds is 2. The average molecular weight is 412 g/mol. The minimum absolute atomic E-state index is 0.279. The smallest absolute Gasteiger partial charge is 0.139 e. The molecule has 0 radical (unpaired) electrons. The summed E-state index contributed by atoms with van der Waals surface area (Å²) in [4.78, 5) is 0. The van der Waals surface area contributed by atoms with Gasteiger partial charge in [-0.1, -0.05) is 84.9 Å². The summed E-state index contributed by atoms with van der Waals surface area (Å²) in [6, 6.07) is 34.2. The Balaban J connectivity index is 1.49. The molecule has 0 spiro atoms. The van der Waals surface area contributed by atoms with Crippen molar-refractivity contribution in [2.75, 3.05) is 0 Å². The van der Waals surface area contributed by atoms with Crippen molar-refractivity contribution >= 4 is 45.0 Å². The first kappa shape index (κ1) is 17.6. The third-order valence-electron chi connectivity index (χ3n) is 6.73. The molecule has 1 aliphatic carbocycles. The Bertz CT molecular complexity index is 1750. The minimum Gasteiger partial charge on any atom is -0.456 e. The van der Waals surface area contributed by atoms with Gasteiger partial charge in [0.05, 0.1) is 5.52 Å². The summed E-state index contributed by atoms with van der Waals surface area (Å²) >= 11 is 0. The van der Waals surface area contributed by atoms with Crippen LogP contribution in [-0.4, -0.2) is 4.57 Å². The lowest BCUT2D eigenvalue weighted by Crippen LogP contribution is -2.31. The van der Waals surface area contributed by atoms with Crippen molar-refractivity contribution in [3.05, 3.63) is 113 Å². The van der Waals surface area contributed by atoms with Crippen molar-refractivity contribution < 1.29 is 4.42 Å². The highest BCUT2D eigenvalue weighted by Gasteiger charge is 2.20. The SMILES string of the molecule is C1=c2c(n(-c3ccccc3)c3ccccc23)=CCC1c1cccc2c1oc1ccccc12. The Morgan fingerprint density at radius 1 is 0.688 bits per heavy atom. The lowest BCUT2D eigenvalue weighted by molar-refractivity contribution is 0.660. The predicted octanol–water partition coefficient (Wildman–Crippen LogP) is 6.28. The molecule has 1 aliphatic rings. The van der Waals surface area contributed by atoms with Crippen LogP contribution in [0.5, 0.6) is 0 Å². The van der Waals surface area contributed by atoms with E-state index in [1.807, 2.05) is 6.07 Å². The molecule has 6 aromatic rings. The molecule has 2 aromatic heterocycles. The van der Waals surface area contributed by atoms with E-state index >= 15 is 0 Å². The number of hydrogen-bond acceptors (Lipinski definition) is 1. The highest BCUT2D eigenvalue weighted by molar-refractivity contribution is 6.06. The zero-order valence-corrected chi connectivity index (χ0v) is 17.5. The third-order valence-corrected chi connectivity index (χ3v) is 6.73. The Labute approximate surface area is 185 Å². The topological polar surface area (TPSA) is 18.1 Å². The van der Waals surface area contributed by atoms with Crippen LogP contribution < -0.4 is 10.6 Å². The molecule has 152 valence electrons. The third kappa shape index (κ3) is 2.47. The van der Waals surface area contributed by atoms with Crippen molar-refractivity contribution in [3.63, 3.8) is 0 Å². The normalized spacial score (nSPS) is 15.6. The average Bonchev–Trinajstić information content (AvgIpc) is 3.40. The van der Waals surface area contributed by atoms with Gasteiger partial charge in [-0.3, -0.25) is 0 Å². The van der Waals surface area contributed by atoms with E-state index < -0.39 is 0 Å². The molecular formula is C30H21NO. The number of benzene rings is 4. The Kier molecular flexibility index (Phi) is 3.71. The largest absolute Gasteiger partial charge is 0.456 e. The molecule has 0 amide bonds. The van der Waals surface area contributed by atoms with Crippen LogP contribution in [-0.2, 0) is 0 Å². The van der Waals surface area contributed by atoms with E-state index in [2.05, 4.69) is 108 Å². The molecule has 1 atom stereocenters. The first-order valence-electron chi connectivity index (χ1n) is 11.2. The molecule has 2 heterocycles. The van der Waals surface area contributed by atoms with Gasteiger partial charge in [-0.2, -0.15) is 0 Å². The summed E-state index contributed by atoms with van der Waals surface area (Å²) in [5, 5.41) is 6.28. The van der Waals surface area contributed by atoms with E-state index in [0.717, 1.165) is 17.6 Å². The first-order valence-corrected chi connectivity index (χ1v) is 11.2. The van der Waals surface area contributed by atoms with E-state index in [-0.39, 0.29) is 5.92 Å². The van der Waals surface area contributed by atoms with Gasteiger partial charge in [0.25, 0.3) is 0 Å². The molecule has 0 bridgehead atoms. The molecule has 2 nitrogen and oxygen atoms in total. The predicted molar refractivity (Wildman–Crippen MR) is 133 cm³/mol. The van der Waals surface area contributed by atoms with Crippen LogP contribution in [0.2, 0.25) is 0 Å². The molecule has 7 rings (SSSR count). The molecule has 0 saturated carbocycles. The standard InChI is InChI=1S/C30H21NO/c1-2-9-21(10-3-1)31-27-15-6-4-11-23(27)26-19-20(17-18-28(26)31)22-13-8-14-25-24-12-5-7-16-29(24)32-30(22)25/h1-16,18-20H,17H2. The van der Waals surface area contributed by atoms with Crippen LogP contribution in [0.15, 0.2) is 101 Å². The van der Waals surface area contributed by atoms with Gasteiger partial charge in [0.2, 0.25) is 0 Å². The number of fused-ring (bicyclic) bond motifs is 6. The van der Waals surface area contributed by atoms with Crippen molar-refractivity contribution in [2.45, 2.75) is 12.3 Å². The molecule has 0 N–H and O–H groups in total. The highest BCUT2D eigenvalue weighted by Crippen LogP contribution is 2.36. The fourth-order valence-corrected chi connectivity index (χ4v) is 5.30. The fraction of sp³-hybridized carbons (Fsp3) is 0.0667. The lowest BCUT2D eigenvalue weighted by Gasteiger charge is -2.15. The second-order valence-corrected chi connectivity index (χ2v) is 8.52. The van der Waals surface area contributed by atoms with Gasteiger partial charge in [-0.25, -0.2) is 0 Å². The molecule has 0 fully saturated rings. The van der Waals surface area contributed by atoms with Gasteiger partial charge >= 0.3 is 0 Å². The van der Waals surface area contributed by atoms with Gasteiger partial charge in [-0.15, -0.1) is 0 Å². The van der Waals surface area contributed by atoms with Crippen LogP contribution in [0, 0.1) is 0 Å². The number of nitrogens with zero attached hydrogens (tertiary/aromatic N) is 1. The summed E-state index contributed by atoms with van der Waals surface area (Å²) in [7, 11) is 0. The monoisotopic (exact) mass is 411 g/mol. The number of para-hydroxylation sites is 4. The van der Waals surface area contributed by atoms with E-state index in [1.54, 1.807) is 0 Å². The van der Waals surface area contributed by atoms with Crippen molar-refractivity contribution in [2.24, 2.45) is 0 Å². The molecule has 0 aliphatic heterocycles. The van der Waals surface area contributed by atoms with Crippen LogP contribution in [0.25, 0.3) is 50.7 Å². The summed E-state index contributed by atoms with van der Waals surface area (Å²) in [6.45, 7) is 0. The number of hydrogen-bond donors (Lipinski definition) is 0. The molecule has 4 aromatic carbocycles. The first-order chi connectivity index (χ1) is 15.9. The Morgan fingerprint density at radius 2 is 1.44 bits per heavy atom. The van der Waals surface area contributed by atoms with Gasteiger partial charge in [0.1, 0.15) is 11.2 Å². The van der Waals surface area contributed by atoms with E-state index in [9.17, 15) is 0 Å². The van der Waals surface area contributed by atoms with Crippen LogP contribution in [0.3, 0.4) is 0 Å². The van der Waals surface area contributed by atoms with Crippen molar-refractivity contribution in [1.29, 1.82) is 0 Å². The summed E-state index contributed by atoms with van der Waals surface area (Å²) in [5.41, 5.74) is 5.68. The van der Waals surface area contributed by atoms with E-state index in [1.165, 1.54) is 43.5 Å². The molecule has 2 heteroatoms. The number of aromatic nitrogens is 1. The second-order valence-electron chi connectivity index (χ2n) is 8.52. The van der Waals surface area contributed by atoms with E-state index in [4.69, 9.17) is 4.42 Å². The zero-order chi connectivity index (χ0) is 21.1. The Hall–Kier alpha value is -4.04. The van der Waals surface area contributed by atoms with Crippen LogP contribution in [0.1, 0.15) is 17.9 Å². The lowest BCUT2D eigenvalue weighted by atomic mass is 9.90. The van der Waals surface area contributed by atoms with Crippen LogP contribution >= 0.6 is 0 Å². The second kappa shape index (κ2) is 6.73. The zero-order valence-electron chi connectivity index (χ0n) is 17.5. The van der Waals surface area contributed by atoms with Crippen LogP contribution in [0.4, 0.5) is 0 Å². The number of furan rings is 1. The summed E-state index contributed by atoms with van der Waals surface area (Å²) in [6.07, 6.45) is 5.79. The molecule has 32 heavy (non-hydrogen) atoms. The van der Waals surface area contributed by atoms with Gasteiger partial charge < -0.3 is 8.98 Å². The van der Waals surface area contributed by atoms with Gasteiger partial charge in [-0.05, 0) is 30.7 Å². The minimum atomic E-state index is 0.279. The molecule has 1 unspecified atom stereocenters. The summed E-state index contributed by atoms with van der Waals surface area (Å²) < 4.78 is 8.74. The summed E-state index contributed by atoms with van der Waals surface area (Å²) in [5.74, 6) is 0.279. The van der Waals surface area contributed by atoms with Gasteiger partial charge in [0, 0.05) is 43.9 Å². The Morgan fingerprint density at radius 3 is 2.34 bits per heavy atom.